The smallest absolute Gasteiger partial charge is 0.269 e. The van der Waals surface area contributed by atoms with Gasteiger partial charge in [-0.05, 0) is 40.0 Å². The van der Waals surface area contributed by atoms with Crippen LogP contribution in [-0.4, -0.2) is 23.1 Å². The molecule has 0 fully saturated rings. The lowest BCUT2D eigenvalue weighted by Crippen LogP contribution is -2.39. The van der Waals surface area contributed by atoms with Gasteiger partial charge in [0, 0.05) is 13.6 Å². The Balaban J connectivity index is 2.17. The lowest BCUT2D eigenvalue weighted by atomic mass is 10.0. The molecule has 1 aliphatic heterocycles. The Bertz CT molecular complexity index is 699. The van der Waals surface area contributed by atoms with Crippen molar-refractivity contribution in [1.82, 2.24) is 9.55 Å². The topological polar surface area (TPSA) is 38.1 Å². The maximum atomic E-state index is 13.1. The van der Waals surface area contributed by atoms with E-state index in [9.17, 15) is 9.18 Å². The van der Waals surface area contributed by atoms with Crippen LogP contribution in [0.15, 0.2) is 39.7 Å². The van der Waals surface area contributed by atoms with Gasteiger partial charge in [-0.1, -0.05) is 12.1 Å². The average molecular weight is 338 g/mol. The Morgan fingerprint density at radius 1 is 1.35 bits per heavy atom. The Morgan fingerprint density at radius 2 is 2.05 bits per heavy atom. The highest BCUT2D eigenvalue weighted by atomic mass is 79.9. The summed E-state index contributed by atoms with van der Waals surface area (Å²) in [5, 5.41) is 0. The summed E-state index contributed by atoms with van der Waals surface area (Å²) < 4.78 is 15.2. The van der Waals surface area contributed by atoms with Crippen molar-refractivity contribution >= 4 is 21.9 Å². The van der Waals surface area contributed by atoms with Crippen molar-refractivity contribution in [2.75, 3.05) is 18.5 Å². The van der Waals surface area contributed by atoms with E-state index in [1.165, 1.54) is 18.3 Å². The summed E-state index contributed by atoms with van der Waals surface area (Å²) in [6.45, 7) is 0.802. The Hall–Kier alpha value is -1.69. The molecule has 1 aromatic heterocycles. The van der Waals surface area contributed by atoms with Gasteiger partial charge in [0.2, 0.25) is 5.95 Å². The zero-order chi connectivity index (χ0) is 14.3. The van der Waals surface area contributed by atoms with Gasteiger partial charge in [-0.25, -0.2) is 9.37 Å². The van der Waals surface area contributed by atoms with E-state index in [0.29, 0.717) is 10.4 Å². The maximum Gasteiger partial charge on any atom is 0.269 e. The first kappa shape index (κ1) is 13.3. The van der Waals surface area contributed by atoms with Gasteiger partial charge in [0.05, 0.1) is 12.2 Å². The standard InChI is InChI=1S/C14H13BrFN3O/c1-18-7-6-12(9-2-4-10(16)5-3-9)19-13(20)11(15)8-17-14(18)19/h2-5,8,12H,6-7H2,1H3. The lowest BCUT2D eigenvalue weighted by molar-refractivity contribution is 0.473. The van der Waals surface area contributed by atoms with Crippen LogP contribution in [0.3, 0.4) is 0 Å². The van der Waals surface area contributed by atoms with E-state index in [1.807, 2.05) is 11.9 Å². The number of rotatable bonds is 1. The molecule has 4 nitrogen and oxygen atoms in total. The highest BCUT2D eigenvalue weighted by Crippen LogP contribution is 2.29. The Morgan fingerprint density at radius 3 is 2.75 bits per heavy atom. The summed E-state index contributed by atoms with van der Waals surface area (Å²) >= 11 is 3.23. The summed E-state index contributed by atoms with van der Waals surface area (Å²) in [5.41, 5.74) is 0.804. The molecule has 3 rings (SSSR count). The van der Waals surface area contributed by atoms with E-state index in [-0.39, 0.29) is 17.4 Å². The van der Waals surface area contributed by atoms with E-state index in [0.717, 1.165) is 18.5 Å². The number of nitrogens with zero attached hydrogens (tertiary/aromatic N) is 3. The minimum absolute atomic E-state index is 0.112. The van der Waals surface area contributed by atoms with Crippen molar-refractivity contribution < 1.29 is 4.39 Å². The predicted octanol–water partition coefficient (Wildman–Crippen LogP) is 2.57. The van der Waals surface area contributed by atoms with Crippen LogP contribution >= 0.6 is 15.9 Å². The highest BCUT2D eigenvalue weighted by molar-refractivity contribution is 9.10. The van der Waals surface area contributed by atoms with Gasteiger partial charge in [0.25, 0.3) is 5.56 Å². The SMILES string of the molecule is CN1CCC(c2ccc(F)cc2)n2c1ncc(Br)c2=O. The molecular formula is C14H13BrFN3O. The Labute approximate surface area is 124 Å². The second kappa shape index (κ2) is 5.01. The van der Waals surface area contributed by atoms with Crippen molar-refractivity contribution in [3.05, 3.63) is 56.7 Å². The van der Waals surface area contributed by atoms with E-state index in [4.69, 9.17) is 0 Å². The molecule has 2 aromatic rings. The highest BCUT2D eigenvalue weighted by Gasteiger charge is 2.27. The molecule has 0 spiro atoms. The van der Waals surface area contributed by atoms with Crippen LogP contribution in [0.4, 0.5) is 10.3 Å². The molecule has 0 bridgehead atoms. The van der Waals surface area contributed by atoms with Crippen LogP contribution in [0.25, 0.3) is 0 Å². The van der Waals surface area contributed by atoms with Crippen LogP contribution < -0.4 is 10.5 Å². The molecule has 6 heteroatoms. The fourth-order valence-corrected chi connectivity index (χ4v) is 2.84. The maximum absolute atomic E-state index is 13.1. The molecule has 0 aliphatic carbocycles. The molecule has 0 saturated carbocycles. The zero-order valence-electron chi connectivity index (χ0n) is 10.9. The molecule has 1 aromatic carbocycles. The third-order valence-corrected chi connectivity index (χ3v) is 4.12. The van der Waals surface area contributed by atoms with E-state index >= 15 is 0 Å². The first-order chi connectivity index (χ1) is 9.58. The first-order valence-corrected chi connectivity index (χ1v) is 7.11. The average Bonchev–Trinajstić information content (AvgIpc) is 2.45. The molecule has 1 atom stereocenters. The van der Waals surface area contributed by atoms with Crippen molar-refractivity contribution in [2.24, 2.45) is 0 Å². The van der Waals surface area contributed by atoms with Crippen molar-refractivity contribution in [1.29, 1.82) is 0 Å². The number of hydrogen-bond donors (Lipinski definition) is 0. The van der Waals surface area contributed by atoms with Crippen molar-refractivity contribution in [3.8, 4) is 0 Å². The van der Waals surface area contributed by atoms with Crippen LogP contribution in [0.1, 0.15) is 18.0 Å². The predicted molar refractivity (Wildman–Crippen MR) is 78.6 cm³/mol. The van der Waals surface area contributed by atoms with Crippen LogP contribution in [0, 0.1) is 5.82 Å². The van der Waals surface area contributed by atoms with Crippen LogP contribution in [-0.2, 0) is 0 Å². The van der Waals surface area contributed by atoms with E-state index in [2.05, 4.69) is 20.9 Å². The zero-order valence-corrected chi connectivity index (χ0v) is 12.5. The van der Waals surface area contributed by atoms with Crippen molar-refractivity contribution in [2.45, 2.75) is 12.5 Å². The van der Waals surface area contributed by atoms with Gasteiger partial charge in [-0.2, -0.15) is 0 Å². The first-order valence-electron chi connectivity index (χ1n) is 6.31. The summed E-state index contributed by atoms with van der Waals surface area (Å²) in [6, 6.07) is 6.18. The number of benzene rings is 1. The summed E-state index contributed by atoms with van der Waals surface area (Å²) in [5.74, 6) is 0.361. The summed E-state index contributed by atoms with van der Waals surface area (Å²) in [4.78, 5) is 18.7. The molecule has 0 radical (unpaired) electrons. The van der Waals surface area contributed by atoms with Gasteiger partial charge in [-0.15, -0.1) is 0 Å². The monoisotopic (exact) mass is 337 g/mol. The minimum Gasteiger partial charge on any atom is -0.345 e. The summed E-state index contributed by atoms with van der Waals surface area (Å²) in [7, 11) is 1.91. The molecule has 0 amide bonds. The Kier molecular flexibility index (Phi) is 3.33. The molecule has 2 heterocycles. The molecular weight excluding hydrogens is 325 g/mol. The largest absolute Gasteiger partial charge is 0.345 e. The molecule has 1 unspecified atom stereocenters. The third kappa shape index (κ3) is 2.14. The summed E-state index contributed by atoms with van der Waals surface area (Å²) in [6.07, 6.45) is 2.31. The van der Waals surface area contributed by atoms with Gasteiger partial charge < -0.3 is 4.90 Å². The minimum atomic E-state index is -0.276. The van der Waals surface area contributed by atoms with Gasteiger partial charge >= 0.3 is 0 Å². The second-order valence-corrected chi connectivity index (χ2v) is 5.71. The van der Waals surface area contributed by atoms with E-state index in [1.54, 1.807) is 16.7 Å². The fraction of sp³-hybridized carbons (Fsp3) is 0.286. The van der Waals surface area contributed by atoms with Crippen LogP contribution in [0.5, 0.6) is 0 Å². The second-order valence-electron chi connectivity index (χ2n) is 4.86. The fourth-order valence-electron chi connectivity index (χ4n) is 2.55. The number of anilines is 1. The lowest BCUT2D eigenvalue weighted by Gasteiger charge is -2.33. The molecule has 0 saturated heterocycles. The quantitative estimate of drug-likeness (QED) is 0.802. The van der Waals surface area contributed by atoms with Gasteiger partial charge in [-0.3, -0.25) is 9.36 Å². The number of halogens is 2. The van der Waals surface area contributed by atoms with E-state index < -0.39 is 0 Å². The third-order valence-electron chi connectivity index (χ3n) is 3.58. The molecule has 1 aliphatic rings. The van der Waals surface area contributed by atoms with Gasteiger partial charge in [0.1, 0.15) is 10.3 Å². The number of fused-ring (bicyclic) bond motifs is 1. The number of aromatic nitrogens is 2. The molecule has 0 N–H and O–H groups in total. The van der Waals surface area contributed by atoms with Crippen LogP contribution in [0.2, 0.25) is 0 Å². The molecule has 20 heavy (non-hydrogen) atoms. The molecule has 104 valence electrons. The normalized spacial score (nSPS) is 17.9. The number of hydrogen-bond acceptors (Lipinski definition) is 3. The van der Waals surface area contributed by atoms with Crippen molar-refractivity contribution in [3.63, 3.8) is 0 Å². The van der Waals surface area contributed by atoms with Gasteiger partial charge in [0.15, 0.2) is 0 Å².